The van der Waals surface area contributed by atoms with E-state index in [1.54, 1.807) is 10.6 Å². The fourth-order valence-electron chi connectivity index (χ4n) is 2.09. The summed E-state index contributed by atoms with van der Waals surface area (Å²) in [5.74, 6) is 0.683. The molecule has 2 aromatic carbocycles. The Morgan fingerprint density at radius 1 is 1.08 bits per heavy atom. The maximum atomic E-state index is 13.2. The molecule has 0 radical (unpaired) electrons. The molecule has 0 spiro atoms. The van der Waals surface area contributed by atoms with Crippen molar-refractivity contribution in [2.24, 2.45) is 7.05 Å². The molecular formula is C17H13Cl2F2N3OS. The lowest BCUT2D eigenvalue weighted by Gasteiger charge is -2.07. The first-order chi connectivity index (χ1) is 12.4. The number of nitrogens with zero attached hydrogens (tertiary/aromatic N) is 3. The number of benzene rings is 2. The van der Waals surface area contributed by atoms with E-state index in [1.165, 1.54) is 42.1 Å². The number of ether oxygens (including phenoxy) is 1. The van der Waals surface area contributed by atoms with E-state index in [4.69, 9.17) is 27.9 Å². The first-order valence-electron chi connectivity index (χ1n) is 7.47. The van der Waals surface area contributed by atoms with Gasteiger partial charge in [-0.15, -0.1) is 10.2 Å². The van der Waals surface area contributed by atoms with E-state index < -0.39 is 5.82 Å². The molecule has 26 heavy (non-hydrogen) atoms. The molecular weight excluding hydrogens is 403 g/mol. The second kappa shape index (κ2) is 8.24. The third kappa shape index (κ3) is 4.47. The summed E-state index contributed by atoms with van der Waals surface area (Å²) in [6.45, 7) is 0.156. The predicted molar refractivity (Wildman–Crippen MR) is 97.7 cm³/mol. The van der Waals surface area contributed by atoms with Crippen molar-refractivity contribution in [1.29, 1.82) is 0 Å². The van der Waals surface area contributed by atoms with Crippen LogP contribution in [-0.4, -0.2) is 14.8 Å². The summed E-state index contributed by atoms with van der Waals surface area (Å²) in [5, 5.41) is 9.23. The Balaban J connectivity index is 1.63. The van der Waals surface area contributed by atoms with E-state index in [0.717, 1.165) is 5.56 Å². The Kier molecular flexibility index (Phi) is 6.01. The van der Waals surface area contributed by atoms with Gasteiger partial charge in [0.25, 0.3) is 0 Å². The van der Waals surface area contributed by atoms with Crippen molar-refractivity contribution < 1.29 is 13.5 Å². The summed E-state index contributed by atoms with van der Waals surface area (Å²) >= 11 is 13.2. The van der Waals surface area contributed by atoms with Crippen LogP contribution in [0.4, 0.5) is 8.78 Å². The van der Waals surface area contributed by atoms with Gasteiger partial charge in [0.1, 0.15) is 24.0 Å². The largest absolute Gasteiger partial charge is 0.486 e. The van der Waals surface area contributed by atoms with Crippen molar-refractivity contribution in [2.75, 3.05) is 0 Å². The molecule has 1 heterocycles. The van der Waals surface area contributed by atoms with E-state index in [-0.39, 0.29) is 17.4 Å². The molecule has 0 amide bonds. The Morgan fingerprint density at radius 2 is 1.88 bits per heavy atom. The zero-order valence-corrected chi connectivity index (χ0v) is 15.9. The van der Waals surface area contributed by atoms with E-state index >= 15 is 0 Å². The highest BCUT2D eigenvalue weighted by Crippen LogP contribution is 2.27. The molecule has 9 heteroatoms. The molecule has 0 saturated heterocycles. The number of halogens is 4. The number of rotatable bonds is 6. The van der Waals surface area contributed by atoms with Crippen LogP contribution in [0.2, 0.25) is 10.0 Å². The predicted octanol–water partition coefficient (Wildman–Crippen LogP) is 5.27. The van der Waals surface area contributed by atoms with Gasteiger partial charge in [-0.1, -0.05) is 41.0 Å². The van der Waals surface area contributed by atoms with Gasteiger partial charge in [0, 0.05) is 23.9 Å². The summed E-state index contributed by atoms with van der Waals surface area (Å²) in [6, 6.07) is 8.42. The standard InChI is InChI=1S/C17H13Cl2F2N3OS/c1-24-16(8-25-12-4-5-15(21)14(19)7-12)22-23-17(24)26-9-10-2-3-11(20)6-13(10)18/h2-7H,8-9H2,1H3. The summed E-state index contributed by atoms with van der Waals surface area (Å²) in [4.78, 5) is 0. The van der Waals surface area contributed by atoms with Gasteiger partial charge >= 0.3 is 0 Å². The summed E-state index contributed by atoms with van der Waals surface area (Å²) in [7, 11) is 1.81. The van der Waals surface area contributed by atoms with Crippen molar-refractivity contribution in [1.82, 2.24) is 14.8 Å². The highest BCUT2D eigenvalue weighted by molar-refractivity contribution is 7.98. The maximum absolute atomic E-state index is 13.2. The fraction of sp³-hybridized carbons (Fsp3) is 0.176. The van der Waals surface area contributed by atoms with Crippen LogP contribution >= 0.6 is 35.0 Å². The molecule has 1 aromatic heterocycles. The van der Waals surface area contributed by atoms with Crippen molar-refractivity contribution in [3.63, 3.8) is 0 Å². The highest BCUT2D eigenvalue weighted by atomic mass is 35.5. The van der Waals surface area contributed by atoms with Crippen LogP contribution in [-0.2, 0) is 19.4 Å². The number of thioether (sulfide) groups is 1. The molecule has 0 N–H and O–H groups in total. The second-order valence-electron chi connectivity index (χ2n) is 5.35. The molecule has 3 aromatic rings. The molecule has 0 aliphatic rings. The summed E-state index contributed by atoms with van der Waals surface area (Å²) in [5.41, 5.74) is 0.805. The van der Waals surface area contributed by atoms with Crippen LogP contribution in [0.5, 0.6) is 5.75 Å². The highest BCUT2D eigenvalue weighted by Gasteiger charge is 2.12. The number of hydrogen-bond donors (Lipinski definition) is 0. The van der Waals surface area contributed by atoms with Crippen LogP contribution in [0.15, 0.2) is 41.6 Å². The van der Waals surface area contributed by atoms with Gasteiger partial charge in [-0.05, 0) is 29.8 Å². The van der Waals surface area contributed by atoms with Gasteiger partial charge in [0.05, 0.1) is 5.02 Å². The molecule has 3 rings (SSSR count). The van der Waals surface area contributed by atoms with Crippen LogP contribution in [0.3, 0.4) is 0 Å². The first kappa shape index (κ1) is 18.9. The van der Waals surface area contributed by atoms with Crippen molar-refractivity contribution >= 4 is 35.0 Å². The third-order valence-corrected chi connectivity index (χ3v) is 5.27. The van der Waals surface area contributed by atoms with Gasteiger partial charge in [0.2, 0.25) is 0 Å². The van der Waals surface area contributed by atoms with Crippen molar-refractivity contribution in [3.8, 4) is 5.75 Å². The molecule has 0 aliphatic heterocycles. The maximum Gasteiger partial charge on any atom is 0.191 e. The molecule has 0 bridgehead atoms. The van der Waals surface area contributed by atoms with Gasteiger partial charge in [0.15, 0.2) is 11.0 Å². The molecule has 0 saturated carbocycles. The van der Waals surface area contributed by atoms with Gasteiger partial charge < -0.3 is 9.30 Å². The Morgan fingerprint density at radius 3 is 2.62 bits per heavy atom. The zero-order valence-electron chi connectivity index (χ0n) is 13.5. The van der Waals surface area contributed by atoms with E-state index in [1.807, 2.05) is 7.05 Å². The number of hydrogen-bond acceptors (Lipinski definition) is 4. The topological polar surface area (TPSA) is 39.9 Å². The fourth-order valence-corrected chi connectivity index (χ4v) is 3.51. The Bertz CT molecular complexity index is 936. The Hall–Kier alpha value is -1.83. The van der Waals surface area contributed by atoms with Gasteiger partial charge in [-0.3, -0.25) is 0 Å². The summed E-state index contributed by atoms with van der Waals surface area (Å²) < 4.78 is 33.6. The molecule has 0 fully saturated rings. The molecule has 0 unspecified atom stereocenters. The molecule has 0 atom stereocenters. The second-order valence-corrected chi connectivity index (χ2v) is 7.10. The van der Waals surface area contributed by atoms with E-state index in [0.29, 0.717) is 27.5 Å². The minimum Gasteiger partial charge on any atom is -0.486 e. The average Bonchev–Trinajstić information content (AvgIpc) is 2.95. The lowest BCUT2D eigenvalue weighted by molar-refractivity contribution is 0.290. The number of aromatic nitrogens is 3. The smallest absolute Gasteiger partial charge is 0.191 e. The monoisotopic (exact) mass is 415 g/mol. The van der Waals surface area contributed by atoms with Gasteiger partial charge in [-0.2, -0.15) is 0 Å². The lowest BCUT2D eigenvalue weighted by atomic mass is 10.2. The van der Waals surface area contributed by atoms with E-state index in [9.17, 15) is 8.78 Å². The minimum atomic E-state index is -0.504. The van der Waals surface area contributed by atoms with Crippen LogP contribution in [0.25, 0.3) is 0 Å². The van der Waals surface area contributed by atoms with E-state index in [2.05, 4.69) is 10.2 Å². The van der Waals surface area contributed by atoms with Crippen molar-refractivity contribution in [3.05, 3.63) is 69.5 Å². The molecule has 0 aliphatic carbocycles. The quantitative estimate of drug-likeness (QED) is 0.514. The summed E-state index contributed by atoms with van der Waals surface area (Å²) in [6.07, 6.45) is 0. The average molecular weight is 416 g/mol. The third-order valence-electron chi connectivity index (χ3n) is 3.56. The van der Waals surface area contributed by atoms with Crippen LogP contribution < -0.4 is 4.74 Å². The lowest BCUT2D eigenvalue weighted by Crippen LogP contribution is -2.04. The zero-order chi connectivity index (χ0) is 18.7. The van der Waals surface area contributed by atoms with Gasteiger partial charge in [-0.25, -0.2) is 8.78 Å². The SMILES string of the molecule is Cn1c(COc2ccc(F)c(Cl)c2)nnc1SCc1ccc(F)cc1Cl. The van der Waals surface area contributed by atoms with Crippen LogP contribution in [0, 0.1) is 11.6 Å². The Labute approximate surface area is 163 Å². The molecule has 4 nitrogen and oxygen atoms in total. The normalized spacial score (nSPS) is 11.0. The molecule has 136 valence electrons. The minimum absolute atomic E-state index is 0.00659. The van der Waals surface area contributed by atoms with Crippen LogP contribution in [0.1, 0.15) is 11.4 Å². The van der Waals surface area contributed by atoms with Crippen molar-refractivity contribution in [2.45, 2.75) is 17.5 Å². The first-order valence-corrected chi connectivity index (χ1v) is 9.21.